The number of hydrogen-bond donors (Lipinski definition) is 2. The number of nitrogens with zero attached hydrogens (tertiary/aromatic N) is 2. The van der Waals surface area contributed by atoms with Crippen LogP contribution in [0.3, 0.4) is 0 Å². The van der Waals surface area contributed by atoms with Crippen molar-refractivity contribution in [3.8, 4) is 0 Å². The summed E-state index contributed by atoms with van der Waals surface area (Å²) in [5, 5.41) is 7.07. The van der Waals surface area contributed by atoms with Gasteiger partial charge in [0.1, 0.15) is 0 Å². The van der Waals surface area contributed by atoms with Crippen LogP contribution in [-0.2, 0) is 4.84 Å². The van der Waals surface area contributed by atoms with Crippen molar-refractivity contribution >= 4 is 16.8 Å². The fourth-order valence-corrected chi connectivity index (χ4v) is 6.06. The summed E-state index contributed by atoms with van der Waals surface area (Å²) in [6.45, 7) is 5.32. The molecule has 0 saturated carbocycles. The Morgan fingerprint density at radius 1 is 1.18 bits per heavy atom. The number of primary amides is 1. The Kier molecular flexibility index (Phi) is 6.73. The van der Waals surface area contributed by atoms with E-state index in [0.717, 1.165) is 43.4 Å². The number of benzene rings is 2. The highest BCUT2D eigenvalue weighted by Crippen LogP contribution is 2.37. The van der Waals surface area contributed by atoms with Crippen LogP contribution >= 0.6 is 0 Å². The highest BCUT2D eigenvalue weighted by Gasteiger charge is 2.31. The predicted molar refractivity (Wildman–Crippen MR) is 136 cm³/mol. The minimum atomic E-state index is -0.377. The molecule has 6 heteroatoms. The second kappa shape index (κ2) is 9.90. The standard InChI is InChI=1S/C28H36N4O2/c1-19(24-7-3-4-8-25(24)22-6-5-14-31(18-22)34-2)26-17-23(11-13-30-26)32-15-12-20-9-10-21(28(29)33)16-27(20)32/h3-4,7-10,12,15-16,19,22-23,26,30H,5-6,11,13-14,17-18H2,1-2H3,(H2,29,33). The molecule has 2 aromatic carbocycles. The van der Waals surface area contributed by atoms with E-state index >= 15 is 0 Å². The maximum Gasteiger partial charge on any atom is 0.248 e. The number of rotatable bonds is 6. The van der Waals surface area contributed by atoms with Crippen LogP contribution in [-0.4, -0.2) is 48.3 Å². The number of aromatic nitrogens is 1. The fourth-order valence-electron chi connectivity index (χ4n) is 6.06. The van der Waals surface area contributed by atoms with Crippen LogP contribution < -0.4 is 11.1 Å². The second-order valence-corrected chi connectivity index (χ2v) is 9.93. The Morgan fingerprint density at radius 2 is 2.03 bits per heavy atom. The number of hydrogen-bond acceptors (Lipinski definition) is 4. The van der Waals surface area contributed by atoms with Crippen LogP contribution in [0, 0.1) is 0 Å². The molecule has 180 valence electrons. The van der Waals surface area contributed by atoms with Gasteiger partial charge < -0.3 is 20.5 Å². The molecule has 0 bridgehead atoms. The van der Waals surface area contributed by atoms with Crippen molar-refractivity contribution in [1.82, 2.24) is 14.9 Å². The lowest BCUT2D eigenvalue weighted by atomic mass is 9.79. The van der Waals surface area contributed by atoms with E-state index in [-0.39, 0.29) is 5.91 Å². The first-order chi connectivity index (χ1) is 16.5. The third kappa shape index (κ3) is 4.50. The van der Waals surface area contributed by atoms with Gasteiger partial charge >= 0.3 is 0 Å². The molecule has 2 aliphatic heterocycles. The van der Waals surface area contributed by atoms with E-state index in [1.807, 2.05) is 18.2 Å². The van der Waals surface area contributed by atoms with E-state index in [2.05, 4.69) is 58.4 Å². The number of fused-ring (bicyclic) bond motifs is 1. The Hall–Kier alpha value is -2.67. The van der Waals surface area contributed by atoms with Crippen LogP contribution in [0.1, 0.15) is 72.0 Å². The number of carbonyl (C=O) groups excluding carboxylic acids is 1. The van der Waals surface area contributed by atoms with E-state index in [9.17, 15) is 4.79 Å². The van der Waals surface area contributed by atoms with Crippen molar-refractivity contribution in [3.63, 3.8) is 0 Å². The van der Waals surface area contributed by atoms with Gasteiger partial charge in [-0.25, -0.2) is 0 Å². The van der Waals surface area contributed by atoms with Crippen LogP contribution in [0.15, 0.2) is 54.7 Å². The zero-order valence-electron chi connectivity index (χ0n) is 20.2. The molecule has 1 aromatic heterocycles. The van der Waals surface area contributed by atoms with Crippen LogP contribution in [0.5, 0.6) is 0 Å². The van der Waals surface area contributed by atoms with Crippen molar-refractivity contribution < 1.29 is 9.63 Å². The minimum Gasteiger partial charge on any atom is -0.366 e. The van der Waals surface area contributed by atoms with Crippen LogP contribution in [0.2, 0.25) is 0 Å². The van der Waals surface area contributed by atoms with Crippen LogP contribution in [0.25, 0.3) is 10.9 Å². The van der Waals surface area contributed by atoms with Gasteiger partial charge in [0.25, 0.3) is 0 Å². The molecule has 0 aliphatic carbocycles. The molecule has 1 amide bonds. The number of hydroxylamine groups is 2. The molecule has 0 radical (unpaired) electrons. The van der Waals surface area contributed by atoms with Gasteiger partial charge in [0, 0.05) is 42.5 Å². The van der Waals surface area contributed by atoms with Gasteiger partial charge in [-0.15, -0.1) is 0 Å². The van der Waals surface area contributed by atoms with Gasteiger partial charge in [0.05, 0.1) is 7.11 Å². The Balaban J connectivity index is 1.38. The maximum atomic E-state index is 11.7. The molecule has 0 spiro atoms. The number of nitrogens with two attached hydrogens (primary N) is 1. The Bertz CT molecular complexity index is 1160. The SMILES string of the molecule is CON1CCCC(c2ccccc2C(C)C2CC(n3ccc4ccc(C(N)=O)cc43)CCN2)C1. The minimum absolute atomic E-state index is 0.377. The summed E-state index contributed by atoms with van der Waals surface area (Å²) in [4.78, 5) is 17.3. The average Bonchev–Trinajstić information content (AvgIpc) is 3.32. The van der Waals surface area contributed by atoms with Gasteiger partial charge in [-0.3, -0.25) is 4.79 Å². The number of carbonyl (C=O) groups is 1. The quantitative estimate of drug-likeness (QED) is 0.565. The van der Waals surface area contributed by atoms with Crippen molar-refractivity contribution in [2.24, 2.45) is 5.73 Å². The van der Waals surface area contributed by atoms with Crippen LogP contribution in [0.4, 0.5) is 0 Å². The normalized spacial score (nSPS) is 24.8. The lowest BCUT2D eigenvalue weighted by molar-refractivity contribution is -0.145. The van der Waals surface area contributed by atoms with Gasteiger partial charge in [-0.2, -0.15) is 5.06 Å². The summed E-state index contributed by atoms with van der Waals surface area (Å²) in [6.07, 6.45) is 6.67. The first-order valence-corrected chi connectivity index (χ1v) is 12.6. The molecule has 2 fully saturated rings. The number of piperidine rings is 2. The number of nitrogens with one attached hydrogen (secondary N) is 1. The van der Waals surface area contributed by atoms with Gasteiger partial charge in [0.2, 0.25) is 5.91 Å². The maximum absolute atomic E-state index is 11.7. The summed E-state index contributed by atoms with van der Waals surface area (Å²) >= 11 is 0. The van der Waals surface area contributed by atoms with Crippen molar-refractivity contribution in [2.75, 3.05) is 26.7 Å². The van der Waals surface area contributed by atoms with Gasteiger partial charge in [-0.05, 0) is 78.8 Å². The molecular weight excluding hydrogens is 424 g/mol. The molecule has 3 heterocycles. The topological polar surface area (TPSA) is 72.5 Å². The number of amides is 1. The zero-order valence-corrected chi connectivity index (χ0v) is 20.2. The van der Waals surface area contributed by atoms with E-state index in [4.69, 9.17) is 10.6 Å². The first kappa shape index (κ1) is 23.1. The van der Waals surface area contributed by atoms with Crippen molar-refractivity contribution in [3.05, 3.63) is 71.4 Å². The smallest absolute Gasteiger partial charge is 0.248 e. The molecule has 5 rings (SSSR count). The van der Waals surface area contributed by atoms with E-state index < -0.39 is 0 Å². The van der Waals surface area contributed by atoms with E-state index in [1.165, 1.54) is 24.0 Å². The van der Waals surface area contributed by atoms with E-state index in [0.29, 0.717) is 29.5 Å². The highest BCUT2D eigenvalue weighted by atomic mass is 16.7. The third-order valence-electron chi connectivity index (χ3n) is 7.98. The molecule has 34 heavy (non-hydrogen) atoms. The first-order valence-electron chi connectivity index (χ1n) is 12.6. The van der Waals surface area contributed by atoms with Gasteiger partial charge in [0.15, 0.2) is 0 Å². The summed E-state index contributed by atoms with van der Waals surface area (Å²) in [7, 11) is 1.78. The average molecular weight is 461 g/mol. The molecule has 2 saturated heterocycles. The molecular formula is C28H36N4O2. The summed E-state index contributed by atoms with van der Waals surface area (Å²) in [6, 6.07) is 17.7. The summed E-state index contributed by atoms with van der Waals surface area (Å²) in [5.41, 5.74) is 10.1. The third-order valence-corrected chi connectivity index (χ3v) is 7.98. The Morgan fingerprint density at radius 3 is 2.85 bits per heavy atom. The molecule has 3 aromatic rings. The fraction of sp³-hybridized carbons (Fsp3) is 0.464. The largest absolute Gasteiger partial charge is 0.366 e. The highest BCUT2D eigenvalue weighted by molar-refractivity contribution is 5.97. The Labute approximate surface area is 202 Å². The monoisotopic (exact) mass is 460 g/mol. The molecule has 3 N–H and O–H groups in total. The summed E-state index contributed by atoms with van der Waals surface area (Å²) in [5.74, 6) is 0.532. The zero-order chi connectivity index (χ0) is 23.7. The molecule has 6 nitrogen and oxygen atoms in total. The van der Waals surface area contributed by atoms with E-state index in [1.54, 1.807) is 7.11 Å². The molecule has 4 atom stereocenters. The molecule has 4 unspecified atom stereocenters. The van der Waals surface area contributed by atoms with Crippen molar-refractivity contribution in [1.29, 1.82) is 0 Å². The van der Waals surface area contributed by atoms with Gasteiger partial charge in [-0.1, -0.05) is 37.3 Å². The second-order valence-electron chi connectivity index (χ2n) is 9.93. The lowest BCUT2D eigenvalue weighted by Gasteiger charge is -2.37. The lowest BCUT2D eigenvalue weighted by Crippen LogP contribution is -2.42. The van der Waals surface area contributed by atoms with Crippen molar-refractivity contribution in [2.45, 2.75) is 56.5 Å². The molecule has 2 aliphatic rings. The predicted octanol–water partition coefficient (Wildman–Crippen LogP) is 4.58. The summed E-state index contributed by atoms with van der Waals surface area (Å²) < 4.78 is 2.35.